The fourth-order valence-corrected chi connectivity index (χ4v) is 5.91. The molecule has 2 aromatic rings. The second-order valence-corrected chi connectivity index (χ2v) is 10.1. The molecule has 1 aliphatic rings. The minimum Gasteiger partial charge on any atom is -0.365 e. The van der Waals surface area contributed by atoms with E-state index < -0.39 is 21.8 Å². The number of benzene rings is 1. The standard InChI is InChI=1S/C18H20ClN3O4S2/c1-10-11(2)27-18(15(10)16(20)23)21-17(24)13-9-12(5-6-14(13)19)28(25,26)22-7-3-4-8-22/h5-6,9H,3-4,7-8H2,1-2H3,(H2,20,23)(H,21,24). The van der Waals surface area contributed by atoms with Gasteiger partial charge in [0.15, 0.2) is 0 Å². The van der Waals surface area contributed by atoms with Gasteiger partial charge in [-0.2, -0.15) is 4.31 Å². The van der Waals surface area contributed by atoms with E-state index >= 15 is 0 Å². The zero-order chi connectivity index (χ0) is 20.6. The summed E-state index contributed by atoms with van der Waals surface area (Å²) in [4.78, 5) is 25.4. The van der Waals surface area contributed by atoms with Crippen molar-refractivity contribution in [2.24, 2.45) is 5.73 Å². The summed E-state index contributed by atoms with van der Waals surface area (Å²) in [6.07, 6.45) is 1.63. The topological polar surface area (TPSA) is 110 Å². The summed E-state index contributed by atoms with van der Waals surface area (Å²) in [6.45, 7) is 4.49. The molecule has 0 spiro atoms. The van der Waals surface area contributed by atoms with Crippen LogP contribution in [0.15, 0.2) is 23.1 Å². The third-order valence-corrected chi connectivity index (χ3v) is 8.09. The number of nitrogens with one attached hydrogen (secondary N) is 1. The molecular weight excluding hydrogens is 422 g/mol. The van der Waals surface area contributed by atoms with Gasteiger partial charge in [0.05, 0.1) is 21.0 Å². The summed E-state index contributed by atoms with van der Waals surface area (Å²) in [6, 6.07) is 4.04. The number of halogens is 1. The van der Waals surface area contributed by atoms with E-state index in [4.69, 9.17) is 17.3 Å². The molecule has 7 nitrogen and oxygen atoms in total. The molecular formula is C18H20ClN3O4S2. The monoisotopic (exact) mass is 441 g/mol. The predicted molar refractivity (Wildman–Crippen MR) is 110 cm³/mol. The van der Waals surface area contributed by atoms with E-state index in [1.54, 1.807) is 6.92 Å². The Morgan fingerprint density at radius 1 is 1.21 bits per heavy atom. The van der Waals surface area contributed by atoms with Crippen molar-refractivity contribution in [3.63, 3.8) is 0 Å². The number of nitrogens with two attached hydrogens (primary N) is 1. The molecule has 0 bridgehead atoms. The minimum atomic E-state index is -3.69. The highest BCUT2D eigenvalue weighted by Crippen LogP contribution is 2.33. The Kier molecular flexibility index (Phi) is 5.81. The molecule has 3 N–H and O–H groups in total. The van der Waals surface area contributed by atoms with Gasteiger partial charge < -0.3 is 11.1 Å². The van der Waals surface area contributed by atoms with Gasteiger partial charge in [-0.3, -0.25) is 9.59 Å². The first-order chi connectivity index (χ1) is 13.1. The number of hydrogen-bond acceptors (Lipinski definition) is 5. The molecule has 0 atom stereocenters. The van der Waals surface area contributed by atoms with Crippen LogP contribution in [0.1, 0.15) is 44.0 Å². The Labute approximate surface area is 172 Å². The minimum absolute atomic E-state index is 0.0117. The Bertz CT molecular complexity index is 1060. The van der Waals surface area contributed by atoms with Crippen molar-refractivity contribution < 1.29 is 18.0 Å². The summed E-state index contributed by atoms with van der Waals surface area (Å²) in [5.74, 6) is -1.25. The lowest BCUT2D eigenvalue weighted by molar-refractivity contribution is 0.100. The smallest absolute Gasteiger partial charge is 0.257 e. The van der Waals surface area contributed by atoms with Crippen molar-refractivity contribution >= 4 is 49.8 Å². The van der Waals surface area contributed by atoms with Gasteiger partial charge in [0, 0.05) is 18.0 Å². The third-order valence-electron chi connectivity index (χ3n) is 4.74. The van der Waals surface area contributed by atoms with Crippen LogP contribution in [0.25, 0.3) is 0 Å². The van der Waals surface area contributed by atoms with E-state index in [-0.39, 0.29) is 21.0 Å². The predicted octanol–water partition coefficient (Wildman–Crippen LogP) is 3.15. The molecule has 0 unspecified atom stereocenters. The summed E-state index contributed by atoms with van der Waals surface area (Å²) in [7, 11) is -3.69. The van der Waals surface area contributed by atoms with E-state index in [0.717, 1.165) is 17.7 Å². The number of sulfonamides is 1. The van der Waals surface area contributed by atoms with Gasteiger partial charge in [0.1, 0.15) is 5.00 Å². The van der Waals surface area contributed by atoms with Crippen LogP contribution < -0.4 is 11.1 Å². The van der Waals surface area contributed by atoms with Gasteiger partial charge in [-0.1, -0.05) is 11.6 Å². The number of nitrogens with zero attached hydrogens (tertiary/aromatic N) is 1. The Morgan fingerprint density at radius 2 is 1.86 bits per heavy atom. The first kappa shape index (κ1) is 20.8. The molecule has 0 radical (unpaired) electrons. The summed E-state index contributed by atoms with van der Waals surface area (Å²) < 4.78 is 26.9. The second-order valence-electron chi connectivity index (χ2n) is 6.56. The SMILES string of the molecule is Cc1sc(NC(=O)c2cc(S(=O)(=O)N3CCCC3)ccc2Cl)c(C(N)=O)c1C. The van der Waals surface area contributed by atoms with Gasteiger partial charge in [0.25, 0.3) is 11.8 Å². The lowest BCUT2D eigenvalue weighted by Gasteiger charge is -2.16. The van der Waals surface area contributed by atoms with Crippen LogP contribution in [0, 0.1) is 13.8 Å². The number of amides is 2. The Balaban J connectivity index is 1.95. The molecule has 0 aliphatic carbocycles. The zero-order valence-corrected chi connectivity index (χ0v) is 17.8. The third kappa shape index (κ3) is 3.80. The van der Waals surface area contributed by atoms with Crippen LogP contribution in [0.4, 0.5) is 5.00 Å². The average Bonchev–Trinajstić information content (AvgIpc) is 3.24. The molecule has 1 aromatic heterocycles. The van der Waals surface area contributed by atoms with Crippen LogP contribution in [0.5, 0.6) is 0 Å². The quantitative estimate of drug-likeness (QED) is 0.742. The van der Waals surface area contributed by atoms with Gasteiger partial charge in [-0.25, -0.2) is 8.42 Å². The highest BCUT2D eigenvalue weighted by atomic mass is 35.5. The molecule has 28 heavy (non-hydrogen) atoms. The lowest BCUT2D eigenvalue weighted by atomic mass is 10.1. The molecule has 0 saturated carbocycles. The molecule has 1 fully saturated rings. The summed E-state index contributed by atoms with van der Waals surface area (Å²) in [5, 5.41) is 3.08. The van der Waals surface area contributed by atoms with E-state index in [1.165, 1.54) is 33.8 Å². The van der Waals surface area contributed by atoms with Gasteiger partial charge in [0.2, 0.25) is 10.0 Å². The number of aryl methyl sites for hydroxylation is 1. The number of thiophene rings is 1. The molecule has 2 amide bonds. The van der Waals surface area contributed by atoms with Crippen molar-refractivity contribution in [1.82, 2.24) is 4.31 Å². The van der Waals surface area contributed by atoms with Gasteiger partial charge in [-0.05, 0) is 50.5 Å². The molecule has 1 aromatic carbocycles. The molecule has 1 saturated heterocycles. The van der Waals surface area contributed by atoms with Crippen molar-refractivity contribution in [3.8, 4) is 0 Å². The molecule has 2 heterocycles. The van der Waals surface area contributed by atoms with Crippen molar-refractivity contribution in [3.05, 3.63) is 44.8 Å². The van der Waals surface area contributed by atoms with E-state index in [2.05, 4.69) is 5.32 Å². The average molecular weight is 442 g/mol. The first-order valence-electron chi connectivity index (χ1n) is 8.63. The van der Waals surface area contributed by atoms with Crippen molar-refractivity contribution in [1.29, 1.82) is 0 Å². The zero-order valence-electron chi connectivity index (χ0n) is 15.4. The number of primary amides is 1. The summed E-state index contributed by atoms with van der Waals surface area (Å²) in [5.41, 5.74) is 6.39. The number of anilines is 1. The van der Waals surface area contributed by atoms with E-state index in [0.29, 0.717) is 23.7 Å². The Morgan fingerprint density at radius 3 is 2.46 bits per heavy atom. The van der Waals surface area contributed by atoms with Crippen molar-refractivity contribution in [2.45, 2.75) is 31.6 Å². The van der Waals surface area contributed by atoms with Gasteiger partial charge >= 0.3 is 0 Å². The normalized spacial score (nSPS) is 15.0. The molecule has 1 aliphatic heterocycles. The maximum atomic E-state index is 12.8. The molecule has 3 rings (SSSR count). The van der Waals surface area contributed by atoms with Crippen LogP contribution in [-0.4, -0.2) is 37.6 Å². The van der Waals surface area contributed by atoms with Gasteiger partial charge in [-0.15, -0.1) is 11.3 Å². The fourth-order valence-electron chi connectivity index (χ4n) is 3.10. The maximum Gasteiger partial charge on any atom is 0.257 e. The number of carbonyl (C=O) groups is 2. The van der Waals surface area contributed by atoms with Crippen LogP contribution in [-0.2, 0) is 10.0 Å². The Hall–Kier alpha value is -1.94. The van der Waals surface area contributed by atoms with E-state index in [1.807, 2.05) is 6.92 Å². The van der Waals surface area contributed by atoms with Crippen LogP contribution in [0.3, 0.4) is 0 Å². The maximum absolute atomic E-state index is 12.8. The highest BCUT2D eigenvalue weighted by Gasteiger charge is 2.28. The number of hydrogen-bond donors (Lipinski definition) is 2. The van der Waals surface area contributed by atoms with E-state index in [9.17, 15) is 18.0 Å². The summed E-state index contributed by atoms with van der Waals surface area (Å²) >= 11 is 7.37. The first-order valence-corrected chi connectivity index (χ1v) is 11.3. The number of carbonyl (C=O) groups excluding carboxylic acids is 2. The van der Waals surface area contributed by atoms with Crippen LogP contribution >= 0.6 is 22.9 Å². The lowest BCUT2D eigenvalue weighted by Crippen LogP contribution is -2.28. The van der Waals surface area contributed by atoms with Crippen LogP contribution in [0.2, 0.25) is 5.02 Å². The fraction of sp³-hybridized carbons (Fsp3) is 0.333. The molecule has 10 heteroatoms. The highest BCUT2D eigenvalue weighted by molar-refractivity contribution is 7.89. The largest absolute Gasteiger partial charge is 0.365 e. The number of rotatable bonds is 5. The second kappa shape index (κ2) is 7.82. The van der Waals surface area contributed by atoms with Crippen molar-refractivity contribution in [2.75, 3.05) is 18.4 Å². The molecule has 150 valence electrons.